The molecule has 4 amide bonds. The van der Waals surface area contributed by atoms with Gasteiger partial charge in [-0.05, 0) is 42.5 Å². The number of carbonyl (C=O) groups is 3. The quantitative estimate of drug-likeness (QED) is 0.209. The third-order valence-corrected chi connectivity index (χ3v) is 7.79. The highest BCUT2D eigenvalue weighted by Gasteiger charge is 2.34. The first-order chi connectivity index (χ1) is 21.9. The fourth-order valence-corrected chi connectivity index (χ4v) is 5.27. The smallest absolute Gasteiger partial charge is 0.315 e. The molecule has 2 aliphatic heterocycles. The molecule has 2 aliphatic rings. The number of likely N-dealkylation sites (tertiary alicyclic amines) is 1. The van der Waals surface area contributed by atoms with Crippen LogP contribution in [-0.2, 0) is 16.1 Å². The van der Waals surface area contributed by atoms with E-state index in [2.05, 4.69) is 25.9 Å². The number of benzene rings is 2. The van der Waals surface area contributed by atoms with E-state index in [-0.39, 0.29) is 44.1 Å². The minimum Gasteiger partial charge on any atom is -0.491 e. The van der Waals surface area contributed by atoms with Crippen LogP contribution in [0.25, 0.3) is 0 Å². The summed E-state index contributed by atoms with van der Waals surface area (Å²) in [7, 11) is 1.58. The fraction of sp³-hybridized carbons (Fsp3) is 0.387. The Labute approximate surface area is 265 Å². The molecule has 2 aromatic carbocycles. The molecule has 0 spiro atoms. The summed E-state index contributed by atoms with van der Waals surface area (Å²) in [6.07, 6.45) is 4.91. The molecule has 2 atom stereocenters. The van der Waals surface area contributed by atoms with Crippen molar-refractivity contribution in [2.24, 2.45) is 0 Å². The molecule has 1 fully saturated rings. The Morgan fingerprint density at radius 2 is 1.89 bits per heavy atom. The minimum atomic E-state index is -0.494. The average molecular weight is 637 g/mol. The molecule has 45 heavy (non-hydrogen) atoms. The van der Waals surface area contributed by atoms with Crippen LogP contribution in [0.2, 0.25) is 0 Å². The number of thioether (sulfide) groups is 1. The van der Waals surface area contributed by atoms with Crippen molar-refractivity contribution >= 4 is 29.6 Å². The van der Waals surface area contributed by atoms with Gasteiger partial charge in [0, 0.05) is 57.3 Å². The number of nitrogens with zero attached hydrogens (tertiary/aromatic N) is 3. The van der Waals surface area contributed by atoms with Crippen molar-refractivity contribution < 1.29 is 33.3 Å². The maximum atomic E-state index is 13.3. The SMILES string of the molecule is COCCOc1cc2cc(c1)C(=O)NCCNC(=O)N[C@H]1CCN(C(=O)c3cnc(SC)nc3)C[C@@H]1OCc1cccc(c1)O2. The number of aromatic nitrogens is 2. The summed E-state index contributed by atoms with van der Waals surface area (Å²) in [5.41, 5.74) is 1.56. The molecule has 1 saturated heterocycles. The Kier molecular flexibility index (Phi) is 11.1. The summed E-state index contributed by atoms with van der Waals surface area (Å²) in [6, 6.07) is 11.6. The largest absolute Gasteiger partial charge is 0.491 e. The Balaban J connectivity index is 1.36. The molecule has 1 aromatic heterocycles. The molecular formula is C31H36N6O7S. The van der Waals surface area contributed by atoms with Gasteiger partial charge >= 0.3 is 6.03 Å². The molecule has 0 radical (unpaired) electrons. The van der Waals surface area contributed by atoms with Gasteiger partial charge < -0.3 is 39.8 Å². The maximum absolute atomic E-state index is 13.3. The summed E-state index contributed by atoms with van der Waals surface area (Å²) in [4.78, 5) is 49.2. The second-order valence-corrected chi connectivity index (χ2v) is 11.2. The lowest BCUT2D eigenvalue weighted by molar-refractivity contribution is -0.0235. The number of carbonyl (C=O) groups excluding carboxylic acids is 3. The van der Waals surface area contributed by atoms with Gasteiger partial charge in [0.25, 0.3) is 11.8 Å². The molecule has 13 nitrogen and oxygen atoms in total. The van der Waals surface area contributed by atoms with Gasteiger partial charge in [-0.3, -0.25) is 9.59 Å². The first-order valence-electron chi connectivity index (χ1n) is 14.5. The average Bonchev–Trinajstić information content (AvgIpc) is 3.05. The predicted molar refractivity (Wildman–Crippen MR) is 166 cm³/mol. The van der Waals surface area contributed by atoms with Crippen molar-refractivity contribution in [1.82, 2.24) is 30.8 Å². The third kappa shape index (κ3) is 8.84. The van der Waals surface area contributed by atoms with Crippen LogP contribution in [-0.4, -0.2) is 97.6 Å². The van der Waals surface area contributed by atoms with Crippen molar-refractivity contribution in [2.75, 3.05) is 52.8 Å². The van der Waals surface area contributed by atoms with E-state index in [9.17, 15) is 14.4 Å². The molecule has 0 saturated carbocycles. The Hall–Kier alpha value is -4.40. The van der Waals surface area contributed by atoms with Crippen molar-refractivity contribution in [3.05, 3.63) is 71.5 Å². The van der Waals surface area contributed by atoms with E-state index in [1.54, 1.807) is 36.3 Å². The van der Waals surface area contributed by atoms with E-state index in [0.717, 1.165) is 5.56 Å². The van der Waals surface area contributed by atoms with Gasteiger partial charge in [0.15, 0.2) is 5.16 Å². The Bertz CT molecular complexity index is 1490. The zero-order valence-electron chi connectivity index (χ0n) is 25.1. The van der Waals surface area contributed by atoms with E-state index < -0.39 is 12.1 Å². The van der Waals surface area contributed by atoms with E-state index in [1.807, 2.05) is 24.5 Å². The summed E-state index contributed by atoms with van der Waals surface area (Å²) in [5.74, 6) is 0.875. The van der Waals surface area contributed by atoms with Gasteiger partial charge in [0.2, 0.25) is 0 Å². The molecule has 4 bridgehead atoms. The Morgan fingerprint density at radius 1 is 1.07 bits per heavy atom. The molecule has 14 heteroatoms. The lowest BCUT2D eigenvalue weighted by atomic mass is 10.0. The number of fused-ring (bicyclic) bond motifs is 5. The topological polar surface area (TPSA) is 153 Å². The highest BCUT2D eigenvalue weighted by atomic mass is 32.2. The number of ether oxygens (including phenoxy) is 4. The van der Waals surface area contributed by atoms with Gasteiger partial charge in [-0.1, -0.05) is 23.9 Å². The van der Waals surface area contributed by atoms with Crippen molar-refractivity contribution in [1.29, 1.82) is 0 Å². The molecule has 3 N–H and O–H groups in total. The lowest BCUT2D eigenvalue weighted by Gasteiger charge is -2.38. The van der Waals surface area contributed by atoms with Crippen LogP contribution in [0.5, 0.6) is 17.2 Å². The van der Waals surface area contributed by atoms with Crippen LogP contribution in [0.3, 0.4) is 0 Å². The van der Waals surface area contributed by atoms with Crippen molar-refractivity contribution in [3.8, 4) is 17.2 Å². The molecule has 238 valence electrons. The molecule has 0 aliphatic carbocycles. The second-order valence-electron chi connectivity index (χ2n) is 10.4. The van der Waals surface area contributed by atoms with Crippen LogP contribution < -0.4 is 25.4 Å². The molecule has 5 rings (SSSR count). The van der Waals surface area contributed by atoms with E-state index in [1.165, 1.54) is 24.2 Å². The molecular weight excluding hydrogens is 600 g/mol. The number of urea groups is 1. The third-order valence-electron chi connectivity index (χ3n) is 7.21. The van der Waals surface area contributed by atoms with Crippen LogP contribution in [0.4, 0.5) is 4.79 Å². The highest BCUT2D eigenvalue weighted by molar-refractivity contribution is 7.98. The first-order valence-corrected chi connectivity index (χ1v) is 15.8. The van der Waals surface area contributed by atoms with Gasteiger partial charge in [-0.25, -0.2) is 14.8 Å². The summed E-state index contributed by atoms with van der Waals surface area (Å²) in [5, 5.41) is 9.17. The standard InChI is InChI=1S/C31H36N6O7S/c1-41-10-11-42-24-13-21-14-25(15-24)44-23-5-3-4-20(12-23)19-43-27-18-37(29(39)22-16-34-31(45-2)35-17-22)9-6-26(27)36-30(40)33-8-7-32-28(21)38/h3-5,12-17,26-27H,6-11,18-19H2,1-2H3,(H,32,38)(H2,33,36,40)/t26-,27-/m0/s1. The summed E-state index contributed by atoms with van der Waals surface area (Å²) >= 11 is 1.40. The highest BCUT2D eigenvalue weighted by Crippen LogP contribution is 2.29. The number of hydrogen-bond acceptors (Lipinski definition) is 10. The number of rotatable bonds is 6. The number of amides is 4. The zero-order chi connectivity index (χ0) is 31.6. The van der Waals surface area contributed by atoms with Crippen LogP contribution in [0.1, 0.15) is 32.7 Å². The number of piperidine rings is 1. The van der Waals surface area contributed by atoms with Gasteiger partial charge in [-0.15, -0.1) is 0 Å². The van der Waals surface area contributed by atoms with Crippen molar-refractivity contribution in [3.63, 3.8) is 0 Å². The second kappa shape index (κ2) is 15.5. The summed E-state index contributed by atoms with van der Waals surface area (Å²) < 4.78 is 23.3. The van der Waals surface area contributed by atoms with E-state index in [4.69, 9.17) is 18.9 Å². The first kappa shape index (κ1) is 32.0. The zero-order valence-corrected chi connectivity index (χ0v) is 25.9. The number of methoxy groups -OCH3 is 1. The van der Waals surface area contributed by atoms with E-state index in [0.29, 0.717) is 59.7 Å². The number of hydrogen-bond donors (Lipinski definition) is 3. The van der Waals surface area contributed by atoms with Crippen molar-refractivity contribution in [2.45, 2.75) is 30.3 Å². The van der Waals surface area contributed by atoms with Crippen LogP contribution >= 0.6 is 11.8 Å². The summed E-state index contributed by atoms with van der Waals surface area (Å²) in [6.45, 7) is 1.98. The van der Waals surface area contributed by atoms with Gasteiger partial charge in [0.1, 0.15) is 23.9 Å². The lowest BCUT2D eigenvalue weighted by Crippen LogP contribution is -2.58. The van der Waals surface area contributed by atoms with Crippen LogP contribution in [0, 0.1) is 0 Å². The minimum absolute atomic E-state index is 0.198. The number of nitrogens with one attached hydrogen (secondary N) is 3. The Morgan fingerprint density at radius 3 is 2.69 bits per heavy atom. The van der Waals surface area contributed by atoms with Gasteiger partial charge in [0.05, 0.1) is 30.9 Å². The van der Waals surface area contributed by atoms with Gasteiger partial charge in [-0.2, -0.15) is 0 Å². The maximum Gasteiger partial charge on any atom is 0.315 e. The normalized spacial score (nSPS) is 19.0. The molecule has 3 aromatic rings. The monoisotopic (exact) mass is 636 g/mol. The van der Waals surface area contributed by atoms with E-state index >= 15 is 0 Å². The molecule has 3 heterocycles. The predicted octanol–water partition coefficient (Wildman–Crippen LogP) is 2.86. The fourth-order valence-electron chi connectivity index (χ4n) is 4.95. The van der Waals surface area contributed by atoms with Crippen LogP contribution in [0.15, 0.2) is 60.0 Å². The molecule has 0 unspecified atom stereocenters.